The summed E-state index contributed by atoms with van der Waals surface area (Å²) in [6.07, 6.45) is 3.66. The van der Waals surface area contributed by atoms with Crippen molar-refractivity contribution in [2.24, 2.45) is 0 Å². The van der Waals surface area contributed by atoms with Gasteiger partial charge in [-0.1, -0.05) is 12.1 Å². The summed E-state index contributed by atoms with van der Waals surface area (Å²) in [6.45, 7) is 7.38. The van der Waals surface area contributed by atoms with Gasteiger partial charge in [-0.05, 0) is 55.7 Å². The van der Waals surface area contributed by atoms with Gasteiger partial charge in [0.15, 0.2) is 16.7 Å². The van der Waals surface area contributed by atoms with Gasteiger partial charge in [-0.3, -0.25) is 14.7 Å². The van der Waals surface area contributed by atoms with Gasteiger partial charge < -0.3 is 10.0 Å². The summed E-state index contributed by atoms with van der Waals surface area (Å²) >= 11 is 5.72. The molecule has 1 amide bonds. The number of hydrogen-bond donors (Lipinski definition) is 1. The Morgan fingerprint density at radius 3 is 2.70 bits per heavy atom. The van der Waals surface area contributed by atoms with E-state index in [0.29, 0.717) is 40.8 Å². The van der Waals surface area contributed by atoms with Gasteiger partial charge in [-0.2, -0.15) is 0 Å². The lowest BCUT2D eigenvalue weighted by molar-refractivity contribution is -0.123. The number of rotatable bonds is 2. The van der Waals surface area contributed by atoms with Crippen LogP contribution in [0.25, 0.3) is 15.7 Å². The fourth-order valence-electron chi connectivity index (χ4n) is 4.26. The minimum Gasteiger partial charge on any atom is -0.505 e. The molecule has 0 unspecified atom stereocenters. The van der Waals surface area contributed by atoms with Gasteiger partial charge >= 0.3 is 0 Å². The van der Waals surface area contributed by atoms with Crippen molar-refractivity contribution in [1.29, 1.82) is 0 Å². The van der Waals surface area contributed by atoms with Gasteiger partial charge in [0.25, 0.3) is 5.91 Å². The maximum Gasteiger partial charge on any atom is 0.259 e. The van der Waals surface area contributed by atoms with Crippen molar-refractivity contribution in [2.75, 3.05) is 9.80 Å². The molecule has 2 aliphatic rings. The van der Waals surface area contributed by atoms with Crippen molar-refractivity contribution >= 4 is 51.2 Å². The number of aromatic hydroxyl groups is 1. The van der Waals surface area contributed by atoms with E-state index in [1.54, 1.807) is 41.4 Å². The van der Waals surface area contributed by atoms with Gasteiger partial charge in [0, 0.05) is 23.3 Å². The number of halogens is 1. The first-order valence-corrected chi connectivity index (χ1v) is 9.81. The molecule has 1 spiro atoms. The third-order valence-electron chi connectivity index (χ3n) is 5.87. The molecule has 30 heavy (non-hydrogen) atoms. The predicted octanol–water partition coefficient (Wildman–Crippen LogP) is 4.69. The van der Waals surface area contributed by atoms with E-state index in [0.717, 1.165) is 6.42 Å². The minimum atomic E-state index is -0.868. The van der Waals surface area contributed by atoms with Crippen molar-refractivity contribution in [1.82, 2.24) is 4.98 Å². The zero-order chi connectivity index (χ0) is 21.0. The van der Waals surface area contributed by atoms with E-state index in [1.807, 2.05) is 0 Å². The maximum atomic E-state index is 14.1. The zero-order valence-corrected chi connectivity index (χ0v) is 16.5. The highest BCUT2D eigenvalue weighted by Gasteiger charge is 2.59. The number of pyridine rings is 1. The first kappa shape index (κ1) is 18.5. The number of thiocarbonyl (C=S) groups is 1. The number of amides is 1. The average Bonchev–Trinajstić information content (AvgIpc) is 2.96. The lowest BCUT2D eigenvalue weighted by Crippen LogP contribution is -2.55. The molecule has 2 aromatic carbocycles. The summed E-state index contributed by atoms with van der Waals surface area (Å²) in [4.78, 5) is 24.6. The fraction of sp³-hybridized carbons (Fsp3) is 0.182. The number of phenols is 1. The first-order chi connectivity index (χ1) is 14.5. The van der Waals surface area contributed by atoms with Gasteiger partial charge in [-0.15, -0.1) is 0 Å². The lowest BCUT2D eigenvalue weighted by atomic mass is 9.75. The molecule has 6 nitrogen and oxygen atoms in total. The van der Waals surface area contributed by atoms with Crippen LogP contribution in [-0.4, -0.2) is 26.6 Å². The van der Waals surface area contributed by atoms with Crippen molar-refractivity contribution in [3.8, 4) is 5.75 Å². The highest BCUT2D eigenvalue weighted by molar-refractivity contribution is 7.81. The van der Waals surface area contributed by atoms with E-state index in [1.165, 1.54) is 17.0 Å². The van der Waals surface area contributed by atoms with Gasteiger partial charge in [0.1, 0.15) is 5.54 Å². The molecule has 2 heterocycles. The Morgan fingerprint density at radius 2 is 2.03 bits per heavy atom. The van der Waals surface area contributed by atoms with Crippen LogP contribution in [0.1, 0.15) is 19.3 Å². The summed E-state index contributed by atoms with van der Waals surface area (Å²) in [6, 6.07) is 10.9. The number of fused-ring (bicyclic) bond motifs is 1. The zero-order valence-electron chi connectivity index (χ0n) is 15.7. The van der Waals surface area contributed by atoms with Crippen LogP contribution in [0.4, 0.5) is 21.5 Å². The second-order valence-electron chi connectivity index (χ2n) is 7.39. The Morgan fingerprint density at radius 1 is 1.23 bits per heavy atom. The molecule has 0 bridgehead atoms. The number of anilines is 2. The van der Waals surface area contributed by atoms with E-state index in [4.69, 9.17) is 18.8 Å². The third kappa shape index (κ3) is 2.36. The molecule has 1 aliphatic carbocycles. The minimum absolute atomic E-state index is 0.173. The Hall–Kier alpha value is -3.57. The maximum absolute atomic E-state index is 14.1. The summed E-state index contributed by atoms with van der Waals surface area (Å²) in [5.41, 5.74) is 0.993. The lowest BCUT2D eigenvalue weighted by Gasteiger charge is -2.43. The first-order valence-electron chi connectivity index (χ1n) is 9.40. The standard InChI is InChI=1S/C22H15FN4O2S/c1-24-16-6-7-17(14-4-2-11-25-19(14)16)26-20(29)22(9-3-10-22)27(21(26)30)13-5-8-18(28)15(23)12-13/h2,4-8,11-12,28H,3,9-10H2. The van der Waals surface area contributed by atoms with E-state index in [9.17, 15) is 14.3 Å². The SMILES string of the molecule is [C-]#[N+]c1ccc(N2C(=O)C3(CCC3)N(c3ccc(O)c(F)c3)C2=S)c2cccnc12. The predicted molar refractivity (Wildman–Crippen MR) is 115 cm³/mol. The molecule has 1 saturated heterocycles. The van der Waals surface area contributed by atoms with Crippen LogP contribution in [0, 0.1) is 12.4 Å². The fourth-order valence-corrected chi connectivity index (χ4v) is 4.72. The molecule has 1 saturated carbocycles. The molecule has 1 aromatic heterocycles. The second kappa shape index (κ2) is 6.47. The van der Waals surface area contributed by atoms with Crippen molar-refractivity contribution < 1.29 is 14.3 Å². The molecule has 1 aliphatic heterocycles. The summed E-state index contributed by atoms with van der Waals surface area (Å²) < 4.78 is 14.1. The molecule has 0 atom stereocenters. The Balaban J connectivity index is 1.69. The number of nitrogens with zero attached hydrogens (tertiary/aromatic N) is 4. The Labute approximate surface area is 177 Å². The summed E-state index contributed by atoms with van der Waals surface area (Å²) in [5.74, 6) is -1.40. The van der Waals surface area contributed by atoms with E-state index in [2.05, 4.69) is 9.83 Å². The molecule has 0 radical (unpaired) electrons. The van der Waals surface area contributed by atoms with Crippen LogP contribution in [0.15, 0.2) is 48.7 Å². The van der Waals surface area contributed by atoms with Gasteiger partial charge in [-0.25, -0.2) is 9.24 Å². The molecule has 2 fully saturated rings. The largest absolute Gasteiger partial charge is 0.505 e. The van der Waals surface area contributed by atoms with Crippen molar-refractivity contribution in [3.05, 3.63) is 65.9 Å². The third-order valence-corrected chi connectivity index (χ3v) is 6.23. The monoisotopic (exact) mass is 418 g/mol. The van der Waals surface area contributed by atoms with Crippen LogP contribution in [0.5, 0.6) is 5.75 Å². The number of hydrogen-bond acceptors (Lipinski definition) is 4. The Kier molecular flexibility index (Phi) is 3.98. The number of aromatic nitrogens is 1. The summed E-state index contributed by atoms with van der Waals surface area (Å²) in [7, 11) is 0. The molecule has 3 aromatic rings. The number of carbonyl (C=O) groups is 1. The topological polar surface area (TPSA) is 61.0 Å². The van der Waals surface area contributed by atoms with E-state index >= 15 is 0 Å². The highest BCUT2D eigenvalue weighted by atomic mass is 32.1. The van der Waals surface area contributed by atoms with Crippen LogP contribution in [0.2, 0.25) is 0 Å². The number of phenolic OH excluding ortho intramolecular Hbond substituents is 1. The van der Waals surface area contributed by atoms with Crippen molar-refractivity contribution in [2.45, 2.75) is 24.8 Å². The number of benzene rings is 2. The van der Waals surface area contributed by atoms with Crippen molar-refractivity contribution in [3.63, 3.8) is 0 Å². The van der Waals surface area contributed by atoms with E-state index < -0.39 is 17.1 Å². The normalized spacial score (nSPS) is 17.5. The summed E-state index contributed by atoms with van der Waals surface area (Å²) in [5, 5.41) is 10.5. The van der Waals surface area contributed by atoms with Crippen LogP contribution in [-0.2, 0) is 4.79 Å². The molecule has 8 heteroatoms. The van der Waals surface area contributed by atoms with E-state index in [-0.39, 0.29) is 11.0 Å². The van der Waals surface area contributed by atoms with Gasteiger partial charge in [0.05, 0.1) is 17.8 Å². The highest BCUT2D eigenvalue weighted by Crippen LogP contribution is 2.49. The molecular formula is C22H15FN4O2S. The van der Waals surface area contributed by atoms with Crippen LogP contribution < -0.4 is 9.80 Å². The second-order valence-corrected chi connectivity index (χ2v) is 7.76. The molecular weight excluding hydrogens is 403 g/mol. The molecule has 1 N–H and O–H groups in total. The molecule has 5 rings (SSSR count). The number of carbonyl (C=O) groups excluding carboxylic acids is 1. The van der Waals surface area contributed by atoms with Gasteiger partial charge in [0.2, 0.25) is 5.69 Å². The van der Waals surface area contributed by atoms with Crippen LogP contribution >= 0.6 is 12.2 Å². The molecule has 148 valence electrons. The quantitative estimate of drug-likeness (QED) is 0.483. The Bertz CT molecular complexity index is 1280. The van der Waals surface area contributed by atoms with Crippen LogP contribution in [0.3, 0.4) is 0 Å². The smallest absolute Gasteiger partial charge is 0.259 e. The average molecular weight is 418 g/mol.